The average molecular weight is 454 g/mol. The van der Waals surface area contributed by atoms with Gasteiger partial charge in [0, 0.05) is 43.4 Å². The van der Waals surface area contributed by atoms with Crippen LogP contribution in [0.25, 0.3) is 11.0 Å². The van der Waals surface area contributed by atoms with Crippen molar-refractivity contribution in [1.82, 2.24) is 9.55 Å². The van der Waals surface area contributed by atoms with E-state index in [0.717, 1.165) is 37.6 Å². The minimum Gasteiger partial charge on any atom is -0.451 e. The van der Waals surface area contributed by atoms with Crippen LogP contribution in [0.4, 0.5) is 11.5 Å². The number of carbonyl (C=O) groups excluding carboxylic acids is 1. The van der Waals surface area contributed by atoms with Gasteiger partial charge < -0.3 is 19.2 Å². The Hall–Kier alpha value is -4.20. The lowest BCUT2D eigenvalue weighted by molar-refractivity contribution is 0.0997. The molecule has 1 saturated heterocycles. The Bertz CT molecular complexity index is 1520. The standard InChI is InChI=1S/C26H22N4O4/c31-21-11-23(34-22-6-2-1-4-19(21)22)26(33)28-18-8-9-24(27-12-18)29-13-16-10-17(15-29)20-5-3-7-25(32)30(20)14-16/h1-9,11-12,16-17H,10,13-15H2,(H,28,33)/t16-,17-/m0/s1. The number of carbonyl (C=O) groups is 1. The maximum atomic E-state index is 12.7. The van der Waals surface area contributed by atoms with E-state index in [-0.39, 0.29) is 16.7 Å². The van der Waals surface area contributed by atoms with Gasteiger partial charge in [-0.1, -0.05) is 18.2 Å². The fraction of sp³-hybridized carbons (Fsp3) is 0.231. The Morgan fingerprint density at radius 1 is 1.00 bits per heavy atom. The summed E-state index contributed by atoms with van der Waals surface area (Å²) in [7, 11) is 0. The Morgan fingerprint density at radius 2 is 1.88 bits per heavy atom. The molecule has 0 unspecified atom stereocenters. The van der Waals surface area contributed by atoms with E-state index in [9.17, 15) is 14.4 Å². The van der Waals surface area contributed by atoms with Gasteiger partial charge in [0.05, 0.1) is 17.3 Å². The van der Waals surface area contributed by atoms with Crippen molar-refractivity contribution in [2.75, 3.05) is 23.3 Å². The number of piperidine rings is 1. The molecule has 2 bridgehead atoms. The molecule has 0 saturated carbocycles. The number of aromatic nitrogens is 2. The summed E-state index contributed by atoms with van der Waals surface area (Å²) in [6.45, 7) is 2.35. The predicted molar refractivity (Wildman–Crippen MR) is 128 cm³/mol. The zero-order valence-corrected chi connectivity index (χ0v) is 18.3. The number of amides is 1. The molecule has 1 amide bonds. The minimum absolute atomic E-state index is 0.0504. The topological polar surface area (TPSA) is 97.4 Å². The number of rotatable bonds is 3. The molecule has 2 aliphatic heterocycles. The van der Waals surface area contributed by atoms with Gasteiger partial charge >= 0.3 is 0 Å². The zero-order chi connectivity index (χ0) is 23.2. The maximum Gasteiger partial charge on any atom is 0.291 e. The molecule has 0 radical (unpaired) electrons. The van der Waals surface area contributed by atoms with Crippen LogP contribution in [-0.2, 0) is 6.54 Å². The second-order valence-corrected chi connectivity index (χ2v) is 8.93. The minimum atomic E-state index is -0.507. The van der Waals surface area contributed by atoms with Crippen molar-refractivity contribution in [3.05, 3.63) is 98.9 Å². The Morgan fingerprint density at radius 3 is 2.74 bits per heavy atom. The highest BCUT2D eigenvalue weighted by atomic mass is 16.3. The normalized spacial score (nSPS) is 19.0. The number of anilines is 2. The first-order chi connectivity index (χ1) is 16.5. The summed E-state index contributed by atoms with van der Waals surface area (Å²) in [5.74, 6) is 0.955. The van der Waals surface area contributed by atoms with Gasteiger partial charge in [0.1, 0.15) is 11.4 Å². The van der Waals surface area contributed by atoms with E-state index in [1.54, 1.807) is 42.6 Å². The van der Waals surface area contributed by atoms with Crippen LogP contribution in [0.5, 0.6) is 0 Å². The predicted octanol–water partition coefficient (Wildman–Crippen LogP) is 3.23. The molecule has 4 aromatic rings. The molecule has 2 aliphatic rings. The van der Waals surface area contributed by atoms with Crippen LogP contribution in [0.3, 0.4) is 0 Å². The fourth-order valence-corrected chi connectivity index (χ4v) is 5.14. The molecule has 8 nitrogen and oxygen atoms in total. The quantitative estimate of drug-likeness (QED) is 0.511. The summed E-state index contributed by atoms with van der Waals surface area (Å²) in [4.78, 5) is 44.0. The van der Waals surface area contributed by atoms with Crippen LogP contribution in [0.15, 0.2) is 80.9 Å². The van der Waals surface area contributed by atoms with Crippen LogP contribution < -0.4 is 21.2 Å². The second kappa shape index (κ2) is 7.98. The molecule has 6 rings (SSSR count). The van der Waals surface area contributed by atoms with Gasteiger partial charge in [0.25, 0.3) is 11.5 Å². The maximum absolute atomic E-state index is 12.7. The molecule has 2 atom stereocenters. The number of hydrogen-bond donors (Lipinski definition) is 1. The third-order valence-electron chi connectivity index (χ3n) is 6.67. The highest BCUT2D eigenvalue weighted by molar-refractivity contribution is 6.02. The van der Waals surface area contributed by atoms with Crippen molar-refractivity contribution < 1.29 is 9.21 Å². The van der Waals surface area contributed by atoms with E-state index in [1.165, 1.54) is 6.07 Å². The highest BCUT2D eigenvalue weighted by Crippen LogP contribution is 2.36. The Balaban J connectivity index is 1.19. The first kappa shape index (κ1) is 20.4. The summed E-state index contributed by atoms with van der Waals surface area (Å²) in [5.41, 5.74) is 1.78. The molecule has 8 heteroatoms. The van der Waals surface area contributed by atoms with Crippen LogP contribution in [0.2, 0.25) is 0 Å². The zero-order valence-electron chi connectivity index (χ0n) is 18.3. The van der Waals surface area contributed by atoms with Gasteiger partial charge in [-0.25, -0.2) is 4.98 Å². The van der Waals surface area contributed by atoms with E-state index in [2.05, 4.69) is 15.2 Å². The third kappa shape index (κ3) is 3.57. The van der Waals surface area contributed by atoms with Gasteiger partial charge in [-0.05, 0) is 42.7 Å². The smallest absolute Gasteiger partial charge is 0.291 e. The number of benzene rings is 1. The highest BCUT2D eigenvalue weighted by Gasteiger charge is 2.34. The number of hydrogen-bond acceptors (Lipinski definition) is 6. The summed E-state index contributed by atoms with van der Waals surface area (Å²) in [5, 5.41) is 3.18. The summed E-state index contributed by atoms with van der Waals surface area (Å²) in [6.07, 6.45) is 2.68. The molecule has 0 spiro atoms. The van der Waals surface area contributed by atoms with Gasteiger partial charge in [-0.15, -0.1) is 0 Å². The molecule has 0 aliphatic carbocycles. The van der Waals surface area contributed by atoms with E-state index in [1.807, 2.05) is 22.8 Å². The van der Waals surface area contributed by atoms with Crippen LogP contribution in [0.1, 0.15) is 28.6 Å². The van der Waals surface area contributed by atoms with Crippen molar-refractivity contribution in [3.63, 3.8) is 0 Å². The largest absolute Gasteiger partial charge is 0.451 e. The molecule has 1 N–H and O–H groups in total. The molecule has 3 aromatic heterocycles. The molecule has 1 fully saturated rings. The monoisotopic (exact) mass is 454 g/mol. The van der Waals surface area contributed by atoms with Crippen molar-refractivity contribution in [1.29, 1.82) is 0 Å². The van der Waals surface area contributed by atoms with Gasteiger partial charge in [0.2, 0.25) is 0 Å². The first-order valence-electron chi connectivity index (χ1n) is 11.3. The number of fused-ring (bicyclic) bond motifs is 5. The third-order valence-corrected chi connectivity index (χ3v) is 6.67. The van der Waals surface area contributed by atoms with E-state index in [0.29, 0.717) is 28.5 Å². The van der Waals surface area contributed by atoms with Crippen LogP contribution in [0, 0.1) is 5.92 Å². The molecule has 1 aromatic carbocycles. The lowest BCUT2D eigenvalue weighted by Crippen LogP contribution is -2.47. The summed E-state index contributed by atoms with van der Waals surface area (Å²) >= 11 is 0. The molecular formula is C26H22N4O4. The average Bonchev–Trinajstić information content (AvgIpc) is 2.85. The lowest BCUT2D eigenvalue weighted by atomic mass is 9.83. The summed E-state index contributed by atoms with van der Waals surface area (Å²) < 4.78 is 7.52. The van der Waals surface area contributed by atoms with Crippen molar-refractivity contribution in [2.45, 2.75) is 18.9 Å². The summed E-state index contributed by atoms with van der Waals surface area (Å²) in [6, 6.07) is 17.2. The van der Waals surface area contributed by atoms with Crippen LogP contribution >= 0.6 is 0 Å². The first-order valence-corrected chi connectivity index (χ1v) is 11.3. The Kier molecular flexibility index (Phi) is 4.79. The van der Waals surface area contributed by atoms with Gasteiger partial charge in [0.15, 0.2) is 11.2 Å². The Labute approximate surface area is 194 Å². The van der Waals surface area contributed by atoms with E-state index >= 15 is 0 Å². The molecule has 5 heterocycles. The SMILES string of the molecule is O=C(Nc1ccc(N2C[C@@H]3C[C@@H](C2)c2cccc(=O)n2C3)nc1)c1cc(=O)c2ccccc2o1. The fourth-order valence-electron chi connectivity index (χ4n) is 5.14. The van der Waals surface area contributed by atoms with E-state index in [4.69, 9.17) is 4.42 Å². The number of nitrogens with zero attached hydrogens (tertiary/aromatic N) is 3. The lowest BCUT2D eigenvalue weighted by Gasteiger charge is -2.43. The number of pyridine rings is 2. The second-order valence-electron chi connectivity index (χ2n) is 8.93. The van der Waals surface area contributed by atoms with Crippen LogP contribution in [-0.4, -0.2) is 28.5 Å². The van der Waals surface area contributed by atoms with Crippen molar-refractivity contribution in [3.8, 4) is 0 Å². The molecule has 170 valence electrons. The van der Waals surface area contributed by atoms with Gasteiger partial charge in [-0.2, -0.15) is 0 Å². The molecule has 34 heavy (non-hydrogen) atoms. The number of para-hydroxylation sites is 1. The van der Waals surface area contributed by atoms with Crippen molar-refractivity contribution >= 4 is 28.4 Å². The number of nitrogens with one attached hydrogen (secondary N) is 1. The van der Waals surface area contributed by atoms with Gasteiger partial charge in [-0.3, -0.25) is 14.4 Å². The molecular weight excluding hydrogens is 432 g/mol. The van der Waals surface area contributed by atoms with Crippen molar-refractivity contribution in [2.24, 2.45) is 5.92 Å². The van der Waals surface area contributed by atoms with E-state index < -0.39 is 5.91 Å².